The van der Waals surface area contributed by atoms with Crippen molar-refractivity contribution in [2.75, 3.05) is 18.1 Å². The Morgan fingerprint density at radius 1 is 1.17 bits per heavy atom. The fourth-order valence-corrected chi connectivity index (χ4v) is 4.18. The molecule has 0 radical (unpaired) electrons. The third kappa shape index (κ3) is 4.69. The minimum absolute atomic E-state index is 0.209. The van der Waals surface area contributed by atoms with Crippen molar-refractivity contribution in [1.82, 2.24) is 20.3 Å². The molecule has 0 unspecified atom stereocenters. The Morgan fingerprint density at radius 3 is 2.69 bits per heavy atom. The van der Waals surface area contributed by atoms with Crippen LogP contribution in [-0.2, 0) is 0 Å². The van der Waals surface area contributed by atoms with Gasteiger partial charge < -0.3 is 0 Å². The number of nitrogens with one attached hydrogen (secondary N) is 1. The highest BCUT2D eigenvalue weighted by atomic mass is 32.1. The van der Waals surface area contributed by atoms with Crippen molar-refractivity contribution in [3.05, 3.63) is 54.6 Å². The zero-order chi connectivity index (χ0) is 20.1. The van der Waals surface area contributed by atoms with Gasteiger partial charge in [0.1, 0.15) is 10.7 Å². The molecule has 3 heterocycles. The molecule has 150 valence electrons. The number of nitrogens with two attached hydrogens (primary N) is 1. The minimum atomic E-state index is -0.400. The second-order valence-corrected chi connectivity index (χ2v) is 7.89. The van der Waals surface area contributed by atoms with Gasteiger partial charge in [-0.3, -0.25) is 20.1 Å². The van der Waals surface area contributed by atoms with Crippen LogP contribution < -0.4 is 16.2 Å². The van der Waals surface area contributed by atoms with E-state index in [0.717, 1.165) is 41.0 Å². The maximum Gasteiger partial charge on any atom is 0.278 e. The summed E-state index contributed by atoms with van der Waals surface area (Å²) in [6, 6.07) is 10.0. The SMILES string of the molecule is NN(/C(=N/N1CCCCCC1)NC(=O)c1cnccn1)c1cc2ccccc2s1. The van der Waals surface area contributed by atoms with Crippen molar-refractivity contribution in [3.63, 3.8) is 0 Å². The van der Waals surface area contributed by atoms with E-state index in [1.54, 1.807) is 11.3 Å². The molecule has 0 bridgehead atoms. The quantitative estimate of drug-likeness (QED) is 0.299. The predicted octanol–water partition coefficient (Wildman–Crippen LogP) is 2.95. The molecule has 0 aliphatic carbocycles. The largest absolute Gasteiger partial charge is 0.293 e. The molecule has 1 aliphatic heterocycles. The molecule has 1 aliphatic rings. The van der Waals surface area contributed by atoms with Gasteiger partial charge in [-0.2, -0.15) is 0 Å². The van der Waals surface area contributed by atoms with Crippen LogP contribution in [-0.4, -0.2) is 39.9 Å². The third-order valence-corrected chi connectivity index (χ3v) is 5.83. The topological polar surface area (TPSA) is 99.7 Å². The van der Waals surface area contributed by atoms with Gasteiger partial charge in [-0.15, -0.1) is 16.4 Å². The van der Waals surface area contributed by atoms with Crippen LogP contribution in [0.1, 0.15) is 36.2 Å². The zero-order valence-electron chi connectivity index (χ0n) is 16.0. The van der Waals surface area contributed by atoms with Gasteiger partial charge >= 0.3 is 0 Å². The third-order valence-electron chi connectivity index (χ3n) is 4.72. The van der Waals surface area contributed by atoms with Gasteiger partial charge in [-0.1, -0.05) is 31.0 Å². The summed E-state index contributed by atoms with van der Waals surface area (Å²) in [6.45, 7) is 1.68. The first-order valence-electron chi connectivity index (χ1n) is 9.65. The molecule has 8 nitrogen and oxygen atoms in total. The monoisotopic (exact) mass is 409 g/mol. The average molecular weight is 410 g/mol. The molecule has 9 heteroatoms. The Morgan fingerprint density at radius 2 is 1.97 bits per heavy atom. The fourth-order valence-electron chi connectivity index (χ4n) is 3.19. The summed E-state index contributed by atoms with van der Waals surface area (Å²) in [7, 11) is 0. The Hall–Kier alpha value is -3.04. The number of anilines is 1. The smallest absolute Gasteiger partial charge is 0.278 e. The number of hydrazone groups is 1. The number of guanidine groups is 1. The molecule has 0 atom stereocenters. The number of hydrogen-bond donors (Lipinski definition) is 2. The fraction of sp³-hybridized carbons (Fsp3) is 0.300. The molecule has 1 fully saturated rings. The number of carbonyl (C=O) groups excluding carboxylic acids is 1. The molecule has 3 N–H and O–H groups in total. The Bertz CT molecular complexity index is 963. The molecule has 0 saturated carbocycles. The van der Waals surface area contributed by atoms with Crippen molar-refractivity contribution >= 4 is 38.3 Å². The number of hydrazine groups is 1. The lowest BCUT2D eigenvalue weighted by atomic mass is 10.2. The van der Waals surface area contributed by atoms with Crippen molar-refractivity contribution in [2.24, 2.45) is 10.9 Å². The summed E-state index contributed by atoms with van der Waals surface area (Å²) in [6.07, 6.45) is 8.94. The van der Waals surface area contributed by atoms with Crippen LogP contribution >= 0.6 is 11.3 Å². The number of aromatic nitrogens is 2. The van der Waals surface area contributed by atoms with Crippen molar-refractivity contribution in [3.8, 4) is 0 Å². The van der Waals surface area contributed by atoms with Gasteiger partial charge in [0.25, 0.3) is 5.91 Å². The first-order valence-corrected chi connectivity index (χ1v) is 10.5. The number of rotatable bonds is 3. The zero-order valence-corrected chi connectivity index (χ0v) is 16.8. The van der Waals surface area contributed by atoms with Crippen LogP contribution in [0, 0.1) is 0 Å². The lowest BCUT2D eigenvalue weighted by molar-refractivity contribution is 0.0970. The summed E-state index contributed by atoms with van der Waals surface area (Å²) in [4.78, 5) is 20.7. The van der Waals surface area contributed by atoms with E-state index in [-0.39, 0.29) is 11.7 Å². The van der Waals surface area contributed by atoms with E-state index in [1.165, 1.54) is 36.4 Å². The van der Waals surface area contributed by atoms with Crippen LogP contribution in [0.2, 0.25) is 0 Å². The molecule has 1 saturated heterocycles. The molecule has 1 amide bonds. The molecule has 4 rings (SSSR count). The van der Waals surface area contributed by atoms with Crippen LogP contribution in [0.5, 0.6) is 0 Å². The first-order chi connectivity index (χ1) is 14.2. The van der Waals surface area contributed by atoms with Crippen molar-refractivity contribution in [2.45, 2.75) is 25.7 Å². The van der Waals surface area contributed by atoms with Gasteiger partial charge in [-0.05, 0) is 30.4 Å². The van der Waals surface area contributed by atoms with Crippen LogP contribution in [0.4, 0.5) is 5.00 Å². The average Bonchev–Trinajstić information content (AvgIpc) is 3.03. The maximum atomic E-state index is 12.7. The summed E-state index contributed by atoms with van der Waals surface area (Å²) in [5.41, 5.74) is 0.209. The van der Waals surface area contributed by atoms with Gasteiger partial charge in [0.05, 0.1) is 6.20 Å². The van der Waals surface area contributed by atoms with Gasteiger partial charge in [0, 0.05) is 30.2 Å². The highest BCUT2D eigenvalue weighted by Gasteiger charge is 2.19. The molecule has 1 aromatic carbocycles. The van der Waals surface area contributed by atoms with E-state index in [9.17, 15) is 4.79 Å². The molecular formula is C20H23N7OS. The van der Waals surface area contributed by atoms with E-state index < -0.39 is 5.91 Å². The van der Waals surface area contributed by atoms with E-state index in [4.69, 9.17) is 5.84 Å². The van der Waals surface area contributed by atoms with E-state index in [2.05, 4.69) is 20.4 Å². The minimum Gasteiger partial charge on any atom is -0.293 e. The number of benzene rings is 1. The lowest BCUT2D eigenvalue weighted by Crippen LogP contribution is -2.49. The number of fused-ring (bicyclic) bond motifs is 1. The number of nitrogens with zero attached hydrogens (tertiary/aromatic N) is 5. The Kier molecular flexibility index (Phi) is 5.97. The number of carbonyl (C=O) groups is 1. The molecule has 3 aromatic rings. The second-order valence-electron chi connectivity index (χ2n) is 6.83. The van der Waals surface area contributed by atoms with Crippen LogP contribution in [0.15, 0.2) is 54.0 Å². The molecule has 0 spiro atoms. The molecule has 29 heavy (non-hydrogen) atoms. The lowest BCUT2D eigenvalue weighted by Gasteiger charge is -2.23. The maximum absolute atomic E-state index is 12.7. The Balaban J connectivity index is 1.63. The standard InChI is InChI=1S/C20H23N7OS/c21-27(18-13-15-7-3-4-8-17(15)29-18)20(25-26-11-5-1-2-6-12-26)24-19(28)16-14-22-9-10-23-16/h3-4,7-10,13-14H,1-2,5-6,11-12,21H2,(H,24,25,28). The van der Waals surface area contributed by atoms with Crippen molar-refractivity contribution < 1.29 is 4.79 Å². The first kappa shape index (κ1) is 19.3. The highest BCUT2D eigenvalue weighted by molar-refractivity contribution is 7.23. The van der Waals surface area contributed by atoms with E-state index >= 15 is 0 Å². The number of thiophene rings is 1. The normalized spacial score (nSPS) is 15.2. The summed E-state index contributed by atoms with van der Waals surface area (Å²) in [5, 5.41) is 12.8. The second kappa shape index (κ2) is 8.97. The van der Waals surface area contributed by atoms with E-state index in [0.29, 0.717) is 0 Å². The summed E-state index contributed by atoms with van der Waals surface area (Å²) in [5.74, 6) is 6.29. The Labute approximate surface area is 173 Å². The molecular weight excluding hydrogens is 386 g/mol. The summed E-state index contributed by atoms with van der Waals surface area (Å²) < 4.78 is 1.12. The highest BCUT2D eigenvalue weighted by Crippen LogP contribution is 2.31. The number of amides is 1. The van der Waals surface area contributed by atoms with Gasteiger partial charge in [-0.25, -0.2) is 15.8 Å². The van der Waals surface area contributed by atoms with Crippen LogP contribution in [0.3, 0.4) is 0 Å². The number of hydrogen-bond acceptors (Lipinski definition) is 7. The van der Waals surface area contributed by atoms with Crippen molar-refractivity contribution in [1.29, 1.82) is 0 Å². The van der Waals surface area contributed by atoms with Gasteiger partial charge in [0.15, 0.2) is 0 Å². The molecule has 2 aromatic heterocycles. The van der Waals surface area contributed by atoms with E-state index in [1.807, 2.05) is 35.3 Å². The van der Waals surface area contributed by atoms with Gasteiger partial charge in [0.2, 0.25) is 5.96 Å². The van der Waals surface area contributed by atoms with Crippen LogP contribution in [0.25, 0.3) is 10.1 Å². The summed E-state index contributed by atoms with van der Waals surface area (Å²) >= 11 is 1.55. The predicted molar refractivity (Wildman–Crippen MR) is 115 cm³/mol.